The van der Waals surface area contributed by atoms with Crippen molar-refractivity contribution < 1.29 is 22.8 Å². The van der Waals surface area contributed by atoms with E-state index in [1.807, 2.05) is 0 Å². The van der Waals surface area contributed by atoms with E-state index in [9.17, 15) is 22.8 Å². The lowest BCUT2D eigenvalue weighted by Crippen LogP contribution is -2.41. The van der Waals surface area contributed by atoms with Crippen molar-refractivity contribution in [3.8, 4) is 0 Å². The molecule has 0 amide bonds. The van der Waals surface area contributed by atoms with Gasteiger partial charge in [0, 0.05) is 12.1 Å². The Kier molecular flexibility index (Phi) is 4.93. The molecule has 0 aliphatic carbocycles. The van der Waals surface area contributed by atoms with Crippen LogP contribution in [0.15, 0.2) is 10.9 Å². The lowest BCUT2D eigenvalue weighted by Gasteiger charge is -2.15. The average Bonchev–Trinajstić information content (AvgIpc) is 2.33. The first-order valence-electron chi connectivity index (χ1n) is 5.96. The predicted molar refractivity (Wildman–Crippen MR) is 65.0 cm³/mol. The third kappa shape index (κ3) is 3.38. The summed E-state index contributed by atoms with van der Waals surface area (Å²) in [6.07, 6.45) is -4.30. The third-order valence-electron chi connectivity index (χ3n) is 2.68. The highest BCUT2D eigenvalue weighted by molar-refractivity contribution is 5.75. The fourth-order valence-corrected chi connectivity index (χ4v) is 1.73. The Morgan fingerprint density at radius 3 is 2.50 bits per heavy atom. The Balaban J connectivity index is 3.35. The van der Waals surface area contributed by atoms with Crippen molar-refractivity contribution in [1.82, 2.24) is 4.73 Å². The molecule has 112 valence electrons. The minimum absolute atomic E-state index is 0.111. The fraction of sp³-hybridized carbons (Fsp3) is 0.500. The summed E-state index contributed by atoms with van der Waals surface area (Å²) in [6.45, 7) is 3.26. The number of nitrogens with two attached hydrogens (primary N) is 1. The molecule has 20 heavy (non-hydrogen) atoms. The van der Waals surface area contributed by atoms with E-state index < -0.39 is 17.7 Å². The normalized spacial score (nSPS) is 11.5. The number of aryl methyl sites for hydroxylation is 2. The summed E-state index contributed by atoms with van der Waals surface area (Å²) in [6, 6.07) is 1.50. The monoisotopic (exact) mass is 292 g/mol. The molecule has 2 N–H and O–H groups in total. The molecule has 0 saturated heterocycles. The number of aromatic nitrogens is 1. The molecule has 0 spiro atoms. The second kappa shape index (κ2) is 6.08. The van der Waals surface area contributed by atoms with E-state index in [0.717, 1.165) is 0 Å². The van der Waals surface area contributed by atoms with E-state index in [1.54, 1.807) is 13.8 Å². The number of carbonyl (C=O) groups is 1. The van der Waals surface area contributed by atoms with Gasteiger partial charge in [0.25, 0.3) is 5.56 Å². The molecular weight excluding hydrogens is 277 g/mol. The fourth-order valence-electron chi connectivity index (χ4n) is 1.73. The standard InChI is InChI=1S/C12H15F3N2O3/c1-3-4-8-5-7(2)9(6-16)10(18)17(8)20-11(19)12(13,14)15/h5H,3-4,6,16H2,1-2H3. The average molecular weight is 292 g/mol. The minimum atomic E-state index is -5.17. The predicted octanol–water partition coefficient (Wildman–Crippen LogP) is 1.09. The van der Waals surface area contributed by atoms with Gasteiger partial charge in [0.1, 0.15) is 0 Å². The van der Waals surface area contributed by atoms with Crippen LogP contribution in [-0.2, 0) is 17.8 Å². The highest BCUT2D eigenvalue weighted by Gasteiger charge is 2.42. The quantitative estimate of drug-likeness (QED) is 0.901. The summed E-state index contributed by atoms with van der Waals surface area (Å²) in [5, 5.41) is 0. The van der Waals surface area contributed by atoms with Crippen LogP contribution in [0.25, 0.3) is 0 Å². The zero-order chi connectivity index (χ0) is 15.5. The SMILES string of the molecule is CCCc1cc(C)c(CN)c(=O)n1OC(=O)C(F)(F)F. The van der Waals surface area contributed by atoms with Gasteiger partial charge in [-0.25, -0.2) is 4.79 Å². The molecule has 0 bridgehead atoms. The summed E-state index contributed by atoms with van der Waals surface area (Å²) in [4.78, 5) is 27.1. The molecule has 0 aliphatic rings. The van der Waals surface area contributed by atoms with Crippen LogP contribution in [0.3, 0.4) is 0 Å². The van der Waals surface area contributed by atoms with Crippen molar-refractivity contribution in [3.05, 3.63) is 33.2 Å². The van der Waals surface area contributed by atoms with E-state index in [-0.39, 0.29) is 17.8 Å². The number of pyridine rings is 1. The van der Waals surface area contributed by atoms with Crippen molar-refractivity contribution in [2.45, 2.75) is 39.4 Å². The maximum Gasteiger partial charge on any atom is 0.493 e. The Labute approximate surface area is 113 Å². The number of alkyl halides is 3. The Hall–Kier alpha value is -1.83. The zero-order valence-corrected chi connectivity index (χ0v) is 11.1. The van der Waals surface area contributed by atoms with Gasteiger partial charge in [0.05, 0.1) is 5.69 Å². The number of halogens is 3. The van der Waals surface area contributed by atoms with Crippen LogP contribution < -0.4 is 16.1 Å². The molecule has 0 atom stereocenters. The van der Waals surface area contributed by atoms with Crippen LogP contribution in [0.4, 0.5) is 13.2 Å². The van der Waals surface area contributed by atoms with E-state index >= 15 is 0 Å². The van der Waals surface area contributed by atoms with Crippen molar-refractivity contribution in [2.24, 2.45) is 5.73 Å². The molecule has 0 radical (unpaired) electrons. The van der Waals surface area contributed by atoms with Gasteiger partial charge in [-0.1, -0.05) is 13.3 Å². The van der Waals surface area contributed by atoms with Gasteiger partial charge in [0.2, 0.25) is 0 Å². The molecule has 0 fully saturated rings. The number of carbonyl (C=O) groups excluding carboxylic acids is 1. The first-order chi connectivity index (χ1) is 9.22. The van der Waals surface area contributed by atoms with Crippen molar-refractivity contribution >= 4 is 5.97 Å². The Morgan fingerprint density at radius 2 is 2.05 bits per heavy atom. The van der Waals surface area contributed by atoms with Crippen LogP contribution in [0, 0.1) is 6.92 Å². The van der Waals surface area contributed by atoms with E-state index in [4.69, 9.17) is 5.73 Å². The molecule has 0 aliphatic heterocycles. The zero-order valence-electron chi connectivity index (χ0n) is 11.1. The molecule has 1 heterocycles. The lowest BCUT2D eigenvalue weighted by molar-refractivity contribution is -0.200. The number of hydrogen-bond acceptors (Lipinski definition) is 4. The first-order valence-corrected chi connectivity index (χ1v) is 5.96. The maximum absolute atomic E-state index is 12.2. The summed E-state index contributed by atoms with van der Waals surface area (Å²) in [5.74, 6) is -2.44. The smallest absolute Gasteiger partial charge is 0.326 e. The lowest BCUT2D eigenvalue weighted by atomic mass is 10.1. The summed E-state index contributed by atoms with van der Waals surface area (Å²) in [7, 11) is 0. The van der Waals surface area contributed by atoms with Crippen molar-refractivity contribution in [1.29, 1.82) is 0 Å². The first kappa shape index (κ1) is 16.2. The number of rotatable bonds is 4. The van der Waals surface area contributed by atoms with Crippen molar-refractivity contribution in [3.63, 3.8) is 0 Å². The summed E-state index contributed by atoms with van der Waals surface area (Å²) in [5.41, 5.74) is 5.41. The molecular formula is C12H15F3N2O3. The van der Waals surface area contributed by atoms with E-state index in [2.05, 4.69) is 4.84 Å². The molecule has 0 unspecified atom stereocenters. The maximum atomic E-state index is 12.2. The van der Waals surface area contributed by atoms with Crippen LogP contribution in [0.1, 0.15) is 30.2 Å². The van der Waals surface area contributed by atoms with Gasteiger partial charge < -0.3 is 10.6 Å². The minimum Gasteiger partial charge on any atom is -0.326 e. The van der Waals surface area contributed by atoms with Gasteiger partial charge in [-0.15, -0.1) is 4.73 Å². The topological polar surface area (TPSA) is 74.3 Å². The molecule has 0 aromatic carbocycles. The van der Waals surface area contributed by atoms with Gasteiger partial charge in [-0.2, -0.15) is 13.2 Å². The summed E-state index contributed by atoms with van der Waals surface area (Å²) >= 11 is 0. The molecule has 1 aromatic heterocycles. The molecule has 8 heteroatoms. The Bertz CT molecular complexity index is 564. The molecule has 1 aromatic rings. The van der Waals surface area contributed by atoms with Crippen LogP contribution in [-0.4, -0.2) is 16.9 Å². The number of hydrogen-bond donors (Lipinski definition) is 1. The second-order valence-corrected chi connectivity index (χ2v) is 4.23. The van der Waals surface area contributed by atoms with Gasteiger partial charge in [0.15, 0.2) is 0 Å². The third-order valence-corrected chi connectivity index (χ3v) is 2.68. The molecule has 1 rings (SSSR count). The Morgan fingerprint density at radius 1 is 1.45 bits per heavy atom. The molecule has 0 saturated carbocycles. The van der Waals surface area contributed by atoms with Gasteiger partial charge >= 0.3 is 12.1 Å². The van der Waals surface area contributed by atoms with Gasteiger partial charge in [-0.3, -0.25) is 4.79 Å². The van der Waals surface area contributed by atoms with Gasteiger partial charge in [-0.05, 0) is 25.0 Å². The highest BCUT2D eigenvalue weighted by atomic mass is 19.4. The largest absolute Gasteiger partial charge is 0.493 e. The van der Waals surface area contributed by atoms with Crippen LogP contribution in [0.2, 0.25) is 0 Å². The van der Waals surface area contributed by atoms with E-state index in [0.29, 0.717) is 23.1 Å². The second-order valence-electron chi connectivity index (χ2n) is 4.23. The summed E-state index contributed by atoms with van der Waals surface area (Å²) < 4.78 is 37.1. The van der Waals surface area contributed by atoms with Crippen molar-refractivity contribution in [2.75, 3.05) is 0 Å². The van der Waals surface area contributed by atoms with Crippen LogP contribution in [0.5, 0.6) is 0 Å². The molecule has 5 nitrogen and oxygen atoms in total. The highest BCUT2D eigenvalue weighted by Crippen LogP contribution is 2.16. The van der Waals surface area contributed by atoms with Crippen LogP contribution >= 0.6 is 0 Å². The number of nitrogens with zero attached hydrogens (tertiary/aromatic N) is 1. The van der Waals surface area contributed by atoms with E-state index in [1.165, 1.54) is 6.07 Å².